The molecule has 96 valence electrons. The fourth-order valence-electron chi connectivity index (χ4n) is 0.840. The molecule has 1 atom stereocenters. The Bertz CT molecular complexity index is 315. The van der Waals surface area contributed by atoms with Gasteiger partial charge in [-0.3, -0.25) is 10.2 Å². The quantitative estimate of drug-likeness (QED) is 0.372. The van der Waals surface area contributed by atoms with Gasteiger partial charge in [-0.05, 0) is 27.7 Å². The first-order chi connectivity index (χ1) is 7.76. The number of hydrazine groups is 1. The van der Waals surface area contributed by atoms with Crippen molar-refractivity contribution in [2.24, 2.45) is 0 Å². The molecule has 0 spiro atoms. The summed E-state index contributed by atoms with van der Waals surface area (Å²) in [4.78, 5) is 22.7. The van der Waals surface area contributed by atoms with E-state index in [0.29, 0.717) is 0 Å². The molecule has 2 amide bonds. The molecule has 0 bridgehead atoms. The fraction of sp³-hybridized carbons (Fsp3) is 0.636. The number of amides is 2. The van der Waals surface area contributed by atoms with Crippen molar-refractivity contribution < 1.29 is 14.3 Å². The molecule has 0 rings (SSSR count). The zero-order chi connectivity index (χ0) is 13.5. The van der Waals surface area contributed by atoms with Crippen molar-refractivity contribution in [3.8, 4) is 12.3 Å². The van der Waals surface area contributed by atoms with Crippen LogP contribution in [0.15, 0.2) is 0 Å². The molecule has 0 aliphatic carbocycles. The molecule has 0 saturated heterocycles. The van der Waals surface area contributed by atoms with Crippen LogP contribution in [0.1, 0.15) is 27.7 Å². The largest absolute Gasteiger partial charge is 0.444 e. The number of hydrogen-bond acceptors (Lipinski definition) is 4. The van der Waals surface area contributed by atoms with Gasteiger partial charge in [-0.1, -0.05) is 5.92 Å². The lowest BCUT2D eigenvalue weighted by molar-refractivity contribution is -0.123. The van der Waals surface area contributed by atoms with Crippen LogP contribution in [0.4, 0.5) is 4.79 Å². The van der Waals surface area contributed by atoms with Crippen LogP contribution in [0.3, 0.4) is 0 Å². The van der Waals surface area contributed by atoms with Crippen LogP contribution in [0, 0.1) is 12.3 Å². The highest BCUT2D eigenvalue weighted by atomic mass is 16.6. The Hall–Kier alpha value is -1.74. The van der Waals surface area contributed by atoms with Crippen molar-refractivity contribution in [2.75, 3.05) is 6.54 Å². The van der Waals surface area contributed by atoms with E-state index in [-0.39, 0.29) is 6.54 Å². The average molecular weight is 241 g/mol. The summed E-state index contributed by atoms with van der Waals surface area (Å²) in [6.07, 6.45) is 4.35. The summed E-state index contributed by atoms with van der Waals surface area (Å²) in [6.45, 7) is 6.98. The summed E-state index contributed by atoms with van der Waals surface area (Å²) in [5, 5.41) is 2.40. The lowest BCUT2D eigenvalue weighted by Gasteiger charge is -2.21. The molecule has 0 saturated carbocycles. The van der Waals surface area contributed by atoms with Crippen molar-refractivity contribution in [1.29, 1.82) is 0 Å². The number of nitrogens with one attached hydrogen (secondary N) is 3. The Morgan fingerprint density at radius 3 is 2.47 bits per heavy atom. The van der Waals surface area contributed by atoms with E-state index in [1.165, 1.54) is 6.92 Å². The molecule has 6 nitrogen and oxygen atoms in total. The van der Waals surface area contributed by atoms with Gasteiger partial charge >= 0.3 is 6.09 Å². The van der Waals surface area contributed by atoms with Crippen LogP contribution < -0.4 is 16.2 Å². The summed E-state index contributed by atoms with van der Waals surface area (Å²) in [7, 11) is 0. The van der Waals surface area contributed by atoms with E-state index in [4.69, 9.17) is 11.2 Å². The molecular weight excluding hydrogens is 222 g/mol. The topological polar surface area (TPSA) is 79.5 Å². The minimum atomic E-state index is -0.713. The maximum Gasteiger partial charge on any atom is 0.408 e. The van der Waals surface area contributed by atoms with E-state index in [0.717, 1.165) is 0 Å². The van der Waals surface area contributed by atoms with E-state index in [1.807, 2.05) is 0 Å². The highest BCUT2D eigenvalue weighted by Gasteiger charge is 2.20. The van der Waals surface area contributed by atoms with Crippen molar-refractivity contribution in [2.45, 2.75) is 39.3 Å². The summed E-state index contributed by atoms with van der Waals surface area (Å²) in [5.74, 6) is 1.90. The Labute approximate surface area is 101 Å². The number of ether oxygens (including phenoxy) is 1. The van der Waals surface area contributed by atoms with E-state index in [2.05, 4.69) is 22.1 Å². The first kappa shape index (κ1) is 15.3. The predicted molar refractivity (Wildman–Crippen MR) is 63.8 cm³/mol. The monoisotopic (exact) mass is 241 g/mol. The fourth-order valence-corrected chi connectivity index (χ4v) is 0.840. The summed E-state index contributed by atoms with van der Waals surface area (Å²) < 4.78 is 5.00. The normalized spacial score (nSPS) is 12.2. The Morgan fingerprint density at radius 1 is 1.41 bits per heavy atom. The van der Waals surface area contributed by atoms with Gasteiger partial charge < -0.3 is 10.1 Å². The molecule has 0 aromatic heterocycles. The van der Waals surface area contributed by atoms with Gasteiger partial charge in [0, 0.05) is 0 Å². The maximum absolute atomic E-state index is 11.4. The van der Waals surface area contributed by atoms with Crippen molar-refractivity contribution >= 4 is 12.0 Å². The maximum atomic E-state index is 11.4. The van der Waals surface area contributed by atoms with Gasteiger partial charge in [-0.15, -0.1) is 6.42 Å². The molecule has 0 radical (unpaired) electrons. The number of hydrogen-bond donors (Lipinski definition) is 3. The lowest BCUT2D eigenvalue weighted by Crippen LogP contribution is -2.50. The van der Waals surface area contributed by atoms with Crippen molar-refractivity contribution in [3.63, 3.8) is 0 Å². The minimum Gasteiger partial charge on any atom is -0.444 e. The summed E-state index contributed by atoms with van der Waals surface area (Å²) in [5.41, 5.74) is 4.26. The predicted octanol–water partition coefficient (Wildman–Crippen LogP) is 0.154. The highest BCUT2D eigenvalue weighted by Crippen LogP contribution is 2.06. The molecule has 0 aliphatic rings. The zero-order valence-electron chi connectivity index (χ0n) is 10.6. The highest BCUT2D eigenvalue weighted by molar-refractivity contribution is 5.84. The van der Waals surface area contributed by atoms with Crippen LogP contribution in [-0.4, -0.2) is 30.2 Å². The number of alkyl carbamates (subject to hydrolysis) is 1. The molecule has 0 aromatic rings. The molecular formula is C11H19N3O3. The third kappa shape index (κ3) is 8.11. The molecule has 0 heterocycles. The Morgan fingerprint density at radius 2 is 2.00 bits per heavy atom. The van der Waals surface area contributed by atoms with E-state index >= 15 is 0 Å². The third-order valence-corrected chi connectivity index (χ3v) is 1.53. The molecule has 0 aromatic carbocycles. The minimum absolute atomic E-state index is 0.213. The lowest BCUT2D eigenvalue weighted by atomic mass is 10.2. The van der Waals surface area contributed by atoms with Crippen LogP contribution >= 0.6 is 0 Å². The van der Waals surface area contributed by atoms with Gasteiger partial charge in [-0.2, -0.15) is 0 Å². The number of carbonyl (C=O) groups is 2. The van der Waals surface area contributed by atoms with Gasteiger partial charge in [0.1, 0.15) is 11.6 Å². The van der Waals surface area contributed by atoms with Gasteiger partial charge in [0.15, 0.2) is 0 Å². The molecule has 0 fully saturated rings. The van der Waals surface area contributed by atoms with Gasteiger partial charge in [0.25, 0.3) is 5.91 Å². The molecule has 0 aliphatic heterocycles. The first-order valence-electron chi connectivity index (χ1n) is 5.22. The number of carbonyl (C=O) groups excluding carboxylic acids is 2. The molecule has 3 N–H and O–H groups in total. The van der Waals surface area contributed by atoms with E-state index in [9.17, 15) is 9.59 Å². The second-order valence-corrected chi connectivity index (χ2v) is 4.41. The zero-order valence-corrected chi connectivity index (χ0v) is 10.6. The molecule has 0 unspecified atom stereocenters. The van der Waals surface area contributed by atoms with Crippen molar-refractivity contribution in [1.82, 2.24) is 16.2 Å². The van der Waals surface area contributed by atoms with Crippen LogP contribution in [0.5, 0.6) is 0 Å². The van der Waals surface area contributed by atoms with E-state index < -0.39 is 23.6 Å². The summed E-state index contributed by atoms with van der Waals surface area (Å²) >= 11 is 0. The van der Waals surface area contributed by atoms with Crippen molar-refractivity contribution in [3.05, 3.63) is 0 Å². The summed E-state index contributed by atoms with van der Waals surface area (Å²) in [6, 6.07) is -0.713. The number of rotatable bonds is 4. The van der Waals surface area contributed by atoms with Crippen LogP contribution in [-0.2, 0) is 9.53 Å². The standard InChI is InChI=1S/C11H19N3O3/c1-6-7-12-14-9(15)8(2)13-10(16)17-11(3,4)5/h1,8,12H,7H2,2-5H3,(H,13,16)(H,14,15)/t8-/m0/s1. The second kappa shape index (κ2) is 6.76. The molecule has 6 heteroatoms. The first-order valence-corrected chi connectivity index (χ1v) is 5.22. The number of terminal acetylenes is 1. The van der Waals surface area contributed by atoms with Gasteiger partial charge in [-0.25, -0.2) is 10.2 Å². The van der Waals surface area contributed by atoms with Crippen LogP contribution in [0.2, 0.25) is 0 Å². The van der Waals surface area contributed by atoms with Gasteiger partial charge in [0.05, 0.1) is 6.54 Å². The van der Waals surface area contributed by atoms with Gasteiger partial charge in [0.2, 0.25) is 0 Å². The third-order valence-electron chi connectivity index (χ3n) is 1.53. The smallest absolute Gasteiger partial charge is 0.408 e. The Balaban J connectivity index is 4.00. The molecule has 17 heavy (non-hydrogen) atoms. The SMILES string of the molecule is C#CCNNC(=O)[C@H](C)NC(=O)OC(C)(C)C. The van der Waals surface area contributed by atoms with E-state index in [1.54, 1.807) is 20.8 Å². The van der Waals surface area contributed by atoms with Crippen LogP contribution in [0.25, 0.3) is 0 Å². The second-order valence-electron chi connectivity index (χ2n) is 4.41. The Kier molecular flexibility index (Phi) is 6.07. The average Bonchev–Trinajstić information content (AvgIpc) is 2.14.